The summed E-state index contributed by atoms with van der Waals surface area (Å²) in [6, 6.07) is 6.03. The van der Waals surface area contributed by atoms with E-state index in [0.29, 0.717) is 11.1 Å². The van der Waals surface area contributed by atoms with E-state index in [1.807, 2.05) is 11.8 Å². The highest BCUT2D eigenvalue weighted by atomic mass is 16.1. The summed E-state index contributed by atoms with van der Waals surface area (Å²) in [5, 5.41) is 0. The number of hydrogen-bond acceptors (Lipinski definition) is 2. The molecule has 1 aromatic rings. The van der Waals surface area contributed by atoms with Gasteiger partial charge < -0.3 is 0 Å². The van der Waals surface area contributed by atoms with Crippen molar-refractivity contribution >= 4 is 11.6 Å². The molecule has 1 rings (SSSR count). The zero-order valence-electron chi connectivity index (χ0n) is 7.28. The summed E-state index contributed by atoms with van der Waals surface area (Å²) in [5.74, 6) is 3.00. The predicted octanol–water partition coefficient (Wildman–Crippen LogP) is 1.32. The van der Waals surface area contributed by atoms with Crippen molar-refractivity contribution in [3.8, 4) is 24.7 Å². The van der Waals surface area contributed by atoms with Gasteiger partial charge in [0.1, 0.15) is 0 Å². The van der Waals surface area contributed by atoms with Crippen molar-refractivity contribution in [2.75, 3.05) is 0 Å². The van der Waals surface area contributed by atoms with Gasteiger partial charge in [-0.15, -0.1) is 12.8 Å². The Morgan fingerprint density at radius 1 is 1.00 bits per heavy atom. The zero-order chi connectivity index (χ0) is 10.6. The molecule has 0 radical (unpaired) electrons. The minimum absolute atomic E-state index is 0.300. The second-order valence-corrected chi connectivity index (χ2v) is 2.53. The summed E-state index contributed by atoms with van der Waals surface area (Å²) in [5.41, 5.74) is 0.599. The molecule has 0 unspecified atom stereocenters. The lowest BCUT2D eigenvalue weighted by molar-refractivity contribution is 0.105. The largest absolute Gasteiger partial charge is 0.279 e. The van der Waals surface area contributed by atoms with Gasteiger partial charge in [-0.1, -0.05) is 18.2 Å². The number of rotatable bonds is 2. The summed E-state index contributed by atoms with van der Waals surface area (Å²) in [7, 11) is 0. The molecule has 0 heterocycles. The van der Waals surface area contributed by atoms with E-state index in [4.69, 9.17) is 12.8 Å². The summed E-state index contributed by atoms with van der Waals surface area (Å²) in [4.78, 5) is 22.2. The Kier molecular flexibility index (Phi) is 2.84. The smallest absolute Gasteiger partial charge is 0.235 e. The van der Waals surface area contributed by atoms with Gasteiger partial charge in [-0.05, 0) is 17.9 Å². The zero-order valence-corrected chi connectivity index (χ0v) is 7.28. The first-order valence-electron chi connectivity index (χ1n) is 3.81. The molecule has 0 aliphatic heterocycles. The maximum absolute atomic E-state index is 11.1. The summed E-state index contributed by atoms with van der Waals surface area (Å²) < 4.78 is 0. The van der Waals surface area contributed by atoms with Crippen LogP contribution >= 0.6 is 0 Å². The maximum Gasteiger partial charge on any atom is 0.235 e. The average molecular weight is 182 g/mol. The van der Waals surface area contributed by atoms with E-state index in [1.165, 1.54) is 18.2 Å². The van der Waals surface area contributed by atoms with E-state index >= 15 is 0 Å². The first-order chi connectivity index (χ1) is 6.69. The second kappa shape index (κ2) is 4.07. The highest BCUT2D eigenvalue weighted by Gasteiger charge is 2.06. The van der Waals surface area contributed by atoms with Crippen molar-refractivity contribution in [3.05, 3.63) is 35.4 Å². The fourth-order valence-corrected chi connectivity index (χ4v) is 0.968. The maximum atomic E-state index is 11.1. The van der Waals surface area contributed by atoms with Crippen LogP contribution in [-0.2, 0) is 0 Å². The summed E-state index contributed by atoms with van der Waals surface area (Å²) >= 11 is 0. The summed E-state index contributed by atoms with van der Waals surface area (Å²) in [6.45, 7) is 0. The van der Waals surface area contributed by atoms with Crippen LogP contribution in [-0.4, -0.2) is 11.6 Å². The highest BCUT2D eigenvalue weighted by Crippen LogP contribution is 2.06. The van der Waals surface area contributed by atoms with Crippen molar-refractivity contribution < 1.29 is 9.59 Å². The standard InChI is InChI=1S/C12H6O2/c1-3-11(13)9-6-5-7-10(8-9)12(14)4-2/h1-2,5-8H. The summed E-state index contributed by atoms with van der Waals surface area (Å²) in [6.07, 6.45) is 9.88. The SMILES string of the molecule is C#CC(=O)c1cccc(C(=O)C#C)c1. The molecule has 0 aliphatic rings. The van der Waals surface area contributed by atoms with Crippen molar-refractivity contribution in [1.82, 2.24) is 0 Å². The molecule has 2 nitrogen and oxygen atoms in total. The number of ketones is 2. The number of carbonyl (C=O) groups is 2. The first kappa shape index (κ1) is 9.77. The molecule has 0 bridgehead atoms. The van der Waals surface area contributed by atoms with E-state index in [0.717, 1.165) is 0 Å². The molecule has 0 amide bonds. The fourth-order valence-electron chi connectivity index (χ4n) is 0.968. The molecule has 2 heteroatoms. The van der Waals surface area contributed by atoms with Crippen LogP contribution in [0, 0.1) is 24.7 Å². The van der Waals surface area contributed by atoms with Gasteiger partial charge in [0.25, 0.3) is 0 Å². The number of hydrogen-bond donors (Lipinski definition) is 0. The minimum atomic E-state index is -0.461. The molecule has 1 aromatic carbocycles. The van der Waals surface area contributed by atoms with Crippen LogP contribution in [0.1, 0.15) is 20.7 Å². The Labute approximate surface area is 81.9 Å². The van der Waals surface area contributed by atoms with Crippen LogP contribution in [0.15, 0.2) is 24.3 Å². The molecule has 66 valence electrons. The van der Waals surface area contributed by atoms with Crippen LogP contribution in [0.4, 0.5) is 0 Å². The van der Waals surface area contributed by atoms with Crippen LogP contribution in [0.3, 0.4) is 0 Å². The van der Waals surface area contributed by atoms with E-state index in [9.17, 15) is 9.59 Å². The average Bonchev–Trinajstić information content (AvgIpc) is 2.27. The van der Waals surface area contributed by atoms with Crippen molar-refractivity contribution in [2.45, 2.75) is 0 Å². The number of carbonyl (C=O) groups excluding carboxylic acids is 2. The van der Waals surface area contributed by atoms with E-state index in [1.54, 1.807) is 6.07 Å². The first-order valence-corrected chi connectivity index (χ1v) is 3.81. The van der Waals surface area contributed by atoms with Gasteiger partial charge in [0.2, 0.25) is 11.6 Å². The quantitative estimate of drug-likeness (QED) is 0.392. The molecule has 14 heavy (non-hydrogen) atoms. The Morgan fingerprint density at radius 3 is 1.79 bits per heavy atom. The second-order valence-electron chi connectivity index (χ2n) is 2.53. The Bertz CT molecular complexity index is 429. The predicted molar refractivity (Wildman–Crippen MR) is 52.8 cm³/mol. The minimum Gasteiger partial charge on any atom is -0.279 e. The molecular weight excluding hydrogens is 176 g/mol. The number of Topliss-reactive ketones (excluding diaryl/α,β-unsaturated/α-hetero) is 2. The lowest BCUT2D eigenvalue weighted by Gasteiger charge is -1.96. The lowest BCUT2D eigenvalue weighted by Crippen LogP contribution is -1.99. The van der Waals surface area contributed by atoms with Gasteiger partial charge in [0.15, 0.2) is 0 Å². The lowest BCUT2D eigenvalue weighted by atomic mass is 10.1. The fraction of sp³-hybridized carbons (Fsp3) is 0. The van der Waals surface area contributed by atoms with Gasteiger partial charge in [0.05, 0.1) is 0 Å². The van der Waals surface area contributed by atoms with Gasteiger partial charge in [-0.25, -0.2) is 0 Å². The molecular formula is C12H6O2. The third-order valence-electron chi connectivity index (χ3n) is 1.65. The molecule has 0 aliphatic carbocycles. The number of terminal acetylenes is 2. The van der Waals surface area contributed by atoms with Crippen molar-refractivity contribution in [3.63, 3.8) is 0 Å². The molecule has 0 aromatic heterocycles. The van der Waals surface area contributed by atoms with Gasteiger partial charge >= 0.3 is 0 Å². The van der Waals surface area contributed by atoms with Gasteiger partial charge in [-0.3, -0.25) is 9.59 Å². The van der Waals surface area contributed by atoms with Gasteiger partial charge in [0, 0.05) is 11.1 Å². The van der Waals surface area contributed by atoms with E-state index < -0.39 is 11.6 Å². The molecule has 0 saturated heterocycles. The molecule has 0 fully saturated rings. The van der Waals surface area contributed by atoms with Crippen LogP contribution in [0.5, 0.6) is 0 Å². The van der Waals surface area contributed by atoms with Crippen LogP contribution < -0.4 is 0 Å². The molecule has 0 spiro atoms. The Morgan fingerprint density at radius 2 is 1.43 bits per heavy atom. The number of benzene rings is 1. The molecule has 0 saturated carbocycles. The van der Waals surface area contributed by atoms with Crippen LogP contribution in [0.25, 0.3) is 0 Å². The third kappa shape index (κ3) is 1.88. The van der Waals surface area contributed by atoms with Crippen molar-refractivity contribution in [2.24, 2.45) is 0 Å². The normalized spacial score (nSPS) is 8.43. The van der Waals surface area contributed by atoms with E-state index in [2.05, 4.69) is 0 Å². The van der Waals surface area contributed by atoms with E-state index in [-0.39, 0.29) is 0 Å². The highest BCUT2D eigenvalue weighted by molar-refractivity contribution is 6.12. The topological polar surface area (TPSA) is 34.1 Å². The monoisotopic (exact) mass is 182 g/mol. The third-order valence-corrected chi connectivity index (χ3v) is 1.65. The molecule has 0 N–H and O–H groups in total. The molecule has 0 atom stereocenters. The van der Waals surface area contributed by atoms with Gasteiger partial charge in [-0.2, -0.15) is 0 Å². The van der Waals surface area contributed by atoms with Crippen molar-refractivity contribution in [1.29, 1.82) is 0 Å². The Hall–Kier alpha value is -2.32. The van der Waals surface area contributed by atoms with Crippen LogP contribution in [0.2, 0.25) is 0 Å². The Balaban J connectivity index is 3.16.